The zero-order valence-electron chi connectivity index (χ0n) is 14.1. The fraction of sp³-hybridized carbons (Fsp3) is 0.529. The minimum absolute atomic E-state index is 0.124. The molecule has 124 valence electrons. The van der Waals surface area contributed by atoms with Crippen molar-refractivity contribution in [3.8, 4) is 0 Å². The highest BCUT2D eigenvalue weighted by Crippen LogP contribution is 2.23. The molecular formula is C17H26FNO3. The number of aliphatic imine (C=N–C) groups is 1. The zero-order valence-corrected chi connectivity index (χ0v) is 14.1. The lowest BCUT2D eigenvalue weighted by Crippen LogP contribution is -2.06. The lowest BCUT2D eigenvalue weighted by Gasteiger charge is -2.14. The van der Waals surface area contributed by atoms with Crippen LogP contribution >= 0.6 is 0 Å². The smallest absolute Gasteiger partial charge is 0.367 e. The van der Waals surface area contributed by atoms with Gasteiger partial charge in [0.05, 0.1) is 13.2 Å². The van der Waals surface area contributed by atoms with E-state index >= 15 is 0 Å². The molecule has 0 aliphatic carbocycles. The molecule has 0 aromatic rings. The van der Waals surface area contributed by atoms with Crippen LogP contribution in [-0.4, -0.2) is 25.9 Å². The third-order valence-corrected chi connectivity index (χ3v) is 2.72. The quantitative estimate of drug-likeness (QED) is 0.209. The van der Waals surface area contributed by atoms with Crippen molar-refractivity contribution in [2.24, 2.45) is 10.9 Å². The Kier molecular flexibility index (Phi) is 9.83. The number of rotatable bonds is 9. The molecule has 0 atom stereocenters. The van der Waals surface area contributed by atoms with Gasteiger partial charge in [-0.15, -0.1) is 0 Å². The molecule has 0 fully saturated rings. The zero-order chi connectivity index (χ0) is 17.1. The van der Waals surface area contributed by atoms with Crippen molar-refractivity contribution in [3.05, 3.63) is 35.0 Å². The minimum atomic E-state index is -0.978. The minimum Gasteiger partial charge on any atom is -0.477 e. The van der Waals surface area contributed by atoms with Gasteiger partial charge >= 0.3 is 5.97 Å². The Morgan fingerprint density at radius 3 is 2.36 bits per heavy atom. The van der Waals surface area contributed by atoms with Gasteiger partial charge in [-0.2, -0.15) is 4.39 Å². The second-order valence-corrected chi connectivity index (χ2v) is 4.96. The molecule has 0 bridgehead atoms. The van der Waals surface area contributed by atoms with Crippen molar-refractivity contribution >= 4 is 12.7 Å². The van der Waals surface area contributed by atoms with E-state index in [2.05, 4.69) is 16.4 Å². The highest BCUT2D eigenvalue weighted by molar-refractivity contribution is 5.86. The van der Waals surface area contributed by atoms with Crippen molar-refractivity contribution < 1.29 is 18.7 Å². The third kappa shape index (κ3) is 6.70. The standard InChI is InChI=1S/C17H26FNO3/c1-7-13(10-15(18)17(20)21-9-3)14(8-2)16(19-6)22-11-12(4)5/h7,10,12H,6,8-9,11H2,1-5H3. The number of hydrogen-bond acceptors (Lipinski definition) is 4. The van der Waals surface area contributed by atoms with Crippen LogP contribution in [0.2, 0.25) is 0 Å². The van der Waals surface area contributed by atoms with Crippen LogP contribution in [0.4, 0.5) is 4.39 Å². The number of esters is 1. The molecule has 0 aliphatic heterocycles. The number of nitrogens with zero attached hydrogens (tertiary/aromatic N) is 1. The maximum atomic E-state index is 13.8. The first kappa shape index (κ1) is 20.1. The normalized spacial score (nSPS) is 13.8. The fourth-order valence-electron chi connectivity index (χ4n) is 1.69. The van der Waals surface area contributed by atoms with Crippen LogP contribution < -0.4 is 0 Å². The summed E-state index contributed by atoms with van der Waals surface area (Å²) in [6.45, 7) is 13.4. The molecule has 0 saturated carbocycles. The van der Waals surface area contributed by atoms with Gasteiger partial charge in [-0.25, -0.2) is 9.79 Å². The number of carbonyl (C=O) groups is 1. The lowest BCUT2D eigenvalue weighted by atomic mass is 10.0. The maximum Gasteiger partial charge on any atom is 0.367 e. The lowest BCUT2D eigenvalue weighted by molar-refractivity contribution is -0.140. The van der Waals surface area contributed by atoms with Gasteiger partial charge in [-0.05, 0) is 44.6 Å². The predicted molar refractivity (Wildman–Crippen MR) is 87.2 cm³/mol. The summed E-state index contributed by atoms with van der Waals surface area (Å²) in [5.74, 6) is -1.24. The van der Waals surface area contributed by atoms with Gasteiger partial charge in [0.2, 0.25) is 11.7 Å². The second kappa shape index (κ2) is 10.8. The summed E-state index contributed by atoms with van der Waals surface area (Å²) in [6.07, 6.45) is 3.40. The summed E-state index contributed by atoms with van der Waals surface area (Å²) in [5.41, 5.74) is 1.22. The van der Waals surface area contributed by atoms with Gasteiger partial charge in [0, 0.05) is 5.57 Å². The van der Waals surface area contributed by atoms with Crippen molar-refractivity contribution in [2.75, 3.05) is 13.2 Å². The summed E-state index contributed by atoms with van der Waals surface area (Å²) >= 11 is 0. The first-order chi connectivity index (χ1) is 10.4. The topological polar surface area (TPSA) is 47.9 Å². The van der Waals surface area contributed by atoms with Crippen LogP contribution in [0.3, 0.4) is 0 Å². The molecule has 0 N–H and O–H groups in total. The van der Waals surface area contributed by atoms with Crippen LogP contribution in [0.15, 0.2) is 40.0 Å². The molecule has 0 spiro atoms. The Bertz CT molecular complexity index is 476. The maximum absolute atomic E-state index is 13.8. The van der Waals surface area contributed by atoms with Gasteiger partial charge in [0.15, 0.2) is 0 Å². The summed E-state index contributed by atoms with van der Waals surface area (Å²) in [4.78, 5) is 15.3. The number of hydrogen-bond donors (Lipinski definition) is 0. The van der Waals surface area contributed by atoms with E-state index in [0.29, 0.717) is 36.0 Å². The van der Waals surface area contributed by atoms with E-state index in [4.69, 9.17) is 4.74 Å². The van der Waals surface area contributed by atoms with E-state index in [-0.39, 0.29) is 6.61 Å². The van der Waals surface area contributed by atoms with Crippen molar-refractivity contribution in [1.82, 2.24) is 0 Å². The van der Waals surface area contributed by atoms with Gasteiger partial charge in [-0.3, -0.25) is 0 Å². The van der Waals surface area contributed by atoms with E-state index in [1.165, 1.54) is 0 Å². The van der Waals surface area contributed by atoms with Gasteiger partial charge in [0.1, 0.15) is 0 Å². The van der Waals surface area contributed by atoms with Gasteiger partial charge < -0.3 is 9.47 Å². The number of carbonyl (C=O) groups excluding carboxylic acids is 1. The molecule has 0 saturated heterocycles. The van der Waals surface area contributed by atoms with Gasteiger partial charge in [-0.1, -0.05) is 26.8 Å². The molecule has 0 unspecified atom stereocenters. The Morgan fingerprint density at radius 1 is 1.32 bits per heavy atom. The molecule has 0 aliphatic rings. The van der Waals surface area contributed by atoms with Crippen LogP contribution in [-0.2, 0) is 14.3 Å². The van der Waals surface area contributed by atoms with Crippen molar-refractivity contribution in [3.63, 3.8) is 0 Å². The molecule has 4 nitrogen and oxygen atoms in total. The second-order valence-electron chi connectivity index (χ2n) is 4.96. The van der Waals surface area contributed by atoms with E-state index in [1.807, 2.05) is 20.8 Å². The van der Waals surface area contributed by atoms with Crippen molar-refractivity contribution in [1.29, 1.82) is 0 Å². The Labute approximate surface area is 132 Å². The molecule has 5 heteroatoms. The monoisotopic (exact) mass is 311 g/mol. The van der Waals surface area contributed by atoms with Crippen LogP contribution in [0.5, 0.6) is 0 Å². The Balaban J connectivity index is 5.51. The molecule has 0 aromatic carbocycles. The molecule has 0 amide bonds. The van der Waals surface area contributed by atoms with Crippen molar-refractivity contribution in [2.45, 2.75) is 41.0 Å². The molecular weight excluding hydrogens is 285 g/mol. The third-order valence-electron chi connectivity index (χ3n) is 2.72. The van der Waals surface area contributed by atoms with E-state index in [9.17, 15) is 9.18 Å². The average Bonchev–Trinajstić information content (AvgIpc) is 2.49. The average molecular weight is 311 g/mol. The van der Waals surface area contributed by atoms with E-state index < -0.39 is 11.8 Å². The van der Waals surface area contributed by atoms with Gasteiger partial charge in [0.25, 0.3) is 0 Å². The predicted octanol–water partition coefficient (Wildman–Crippen LogP) is 4.34. The highest BCUT2D eigenvalue weighted by atomic mass is 19.1. The van der Waals surface area contributed by atoms with Crippen LogP contribution in [0.1, 0.15) is 41.0 Å². The molecule has 0 aromatic heterocycles. The first-order valence-corrected chi connectivity index (χ1v) is 7.44. The SMILES string of the molecule is C=NC(OCC(C)C)=C(CC)C(C=C(F)C(=O)OCC)=CC. The molecule has 22 heavy (non-hydrogen) atoms. The molecule has 0 radical (unpaired) electrons. The fourth-order valence-corrected chi connectivity index (χ4v) is 1.69. The largest absolute Gasteiger partial charge is 0.477 e. The Morgan fingerprint density at radius 2 is 1.95 bits per heavy atom. The van der Waals surface area contributed by atoms with Crippen LogP contribution in [0.25, 0.3) is 0 Å². The molecule has 0 rings (SSSR count). The number of ether oxygens (including phenoxy) is 2. The highest BCUT2D eigenvalue weighted by Gasteiger charge is 2.14. The summed E-state index contributed by atoms with van der Waals surface area (Å²) in [7, 11) is 0. The summed E-state index contributed by atoms with van der Waals surface area (Å²) < 4.78 is 24.1. The first-order valence-electron chi connectivity index (χ1n) is 7.44. The summed E-state index contributed by atoms with van der Waals surface area (Å²) in [5, 5.41) is 0. The Hall–Kier alpha value is -1.91. The number of allylic oxidation sites excluding steroid dienone is 4. The number of halogens is 1. The van der Waals surface area contributed by atoms with E-state index in [0.717, 1.165) is 6.08 Å². The summed E-state index contributed by atoms with van der Waals surface area (Å²) in [6, 6.07) is 0. The molecule has 0 heterocycles. The van der Waals surface area contributed by atoms with Crippen LogP contribution in [0, 0.1) is 5.92 Å². The van der Waals surface area contributed by atoms with E-state index in [1.54, 1.807) is 19.9 Å².